The second-order valence-electron chi connectivity index (χ2n) is 4.17. The molecule has 0 radical (unpaired) electrons. The standard InChI is InChI=1S/C14H15N3O/c1-10-6-11(8-16-7-10)9-17-13-4-2-12(3-5-13)14(15)18/h2-8,17H,9H2,1H3,(H2,15,18). The summed E-state index contributed by atoms with van der Waals surface area (Å²) in [7, 11) is 0. The van der Waals surface area contributed by atoms with E-state index in [0.717, 1.165) is 16.8 Å². The van der Waals surface area contributed by atoms with Crippen LogP contribution in [0.1, 0.15) is 21.5 Å². The average Bonchev–Trinajstić information content (AvgIpc) is 2.37. The molecule has 0 spiro atoms. The summed E-state index contributed by atoms with van der Waals surface area (Å²) in [5.74, 6) is -0.413. The van der Waals surface area contributed by atoms with E-state index in [1.165, 1.54) is 0 Å². The topological polar surface area (TPSA) is 68.0 Å². The van der Waals surface area contributed by atoms with Crippen LogP contribution in [0, 0.1) is 6.92 Å². The van der Waals surface area contributed by atoms with Gasteiger partial charge in [-0.25, -0.2) is 0 Å². The van der Waals surface area contributed by atoms with Crippen molar-refractivity contribution >= 4 is 11.6 Å². The van der Waals surface area contributed by atoms with Gasteiger partial charge in [-0.15, -0.1) is 0 Å². The number of nitrogens with zero attached hydrogens (tertiary/aromatic N) is 1. The first-order valence-electron chi connectivity index (χ1n) is 5.69. The number of carbonyl (C=O) groups is 1. The largest absolute Gasteiger partial charge is 0.381 e. The first-order chi connectivity index (χ1) is 8.65. The lowest BCUT2D eigenvalue weighted by molar-refractivity contribution is 0.100. The number of nitrogens with one attached hydrogen (secondary N) is 1. The van der Waals surface area contributed by atoms with Crippen LogP contribution >= 0.6 is 0 Å². The van der Waals surface area contributed by atoms with Crippen molar-refractivity contribution in [2.75, 3.05) is 5.32 Å². The van der Waals surface area contributed by atoms with E-state index in [1.807, 2.05) is 31.5 Å². The summed E-state index contributed by atoms with van der Waals surface area (Å²) in [4.78, 5) is 15.1. The summed E-state index contributed by atoms with van der Waals surface area (Å²) in [6.07, 6.45) is 3.66. The van der Waals surface area contributed by atoms with E-state index in [1.54, 1.807) is 12.1 Å². The number of benzene rings is 1. The van der Waals surface area contributed by atoms with Crippen molar-refractivity contribution in [1.82, 2.24) is 4.98 Å². The molecule has 0 unspecified atom stereocenters. The number of hydrogen-bond donors (Lipinski definition) is 2. The van der Waals surface area contributed by atoms with Gasteiger partial charge in [-0.1, -0.05) is 6.07 Å². The predicted molar refractivity (Wildman–Crippen MR) is 71.3 cm³/mol. The fourth-order valence-electron chi connectivity index (χ4n) is 1.67. The molecule has 1 aromatic heterocycles. The lowest BCUT2D eigenvalue weighted by Crippen LogP contribution is -2.10. The van der Waals surface area contributed by atoms with E-state index in [9.17, 15) is 4.79 Å². The Morgan fingerprint density at radius 2 is 2.00 bits per heavy atom. The van der Waals surface area contributed by atoms with E-state index in [0.29, 0.717) is 12.1 Å². The highest BCUT2D eigenvalue weighted by Gasteiger charge is 1.99. The van der Waals surface area contributed by atoms with E-state index < -0.39 is 5.91 Å². The smallest absolute Gasteiger partial charge is 0.248 e. The Bertz CT molecular complexity index is 549. The Kier molecular flexibility index (Phi) is 3.57. The number of hydrogen-bond acceptors (Lipinski definition) is 3. The molecule has 1 heterocycles. The highest BCUT2D eigenvalue weighted by atomic mass is 16.1. The molecule has 4 heteroatoms. The van der Waals surface area contributed by atoms with E-state index in [4.69, 9.17) is 5.73 Å². The number of carbonyl (C=O) groups excluding carboxylic acids is 1. The Balaban J connectivity index is 2.00. The average molecular weight is 241 g/mol. The van der Waals surface area contributed by atoms with Gasteiger partial charge in [0.25, 0.3) is 0 Å². The minimum absolute atomic E-state index is 0.413. The normalized spacial score (nSPS) is 10.1. The zero-order chi connectivity index (χ0) is 13.0. The number of primary amides is 1. The van der Waals surface area contributed by atoms with Gasteiger partial charge in [0, 0.05) is 30.2 Å². The molecule has 2 rings (SSSR count). The third kappa shape index (κ3) is 3.07. The third-order valence-electron chi connectivity index (χ3n) is 2.60. The molecule has 18 heavy (non-hydrogen) atoms. The van der Waals surface area contributed by atoms with Crippen molar-refractivity contribution in [3.63, 3.8) is 0 Å². The Labute approximate surface area is 106 Å². The Hall–Kier alpha value is -2.36. The number of aryl methyl sites for hydroxylation is 1. The van der Waals surface area contributed by atoms with Crippen molar-refractivity contribution in [2.45, 2.75) is 13.5 Å². The predicted octanol–water partition coefficient (Wildman–Crippen LogP) is 2.10. The van der Waals surface area contributed by atoms with Crippen LogP contribution in [-0.4, -0.2) is 10.9 Å². The molecule has 0 saturated carbocycles. The van der Waals surface area contributed by atoms with Gasteiger partial charge < -0.3 is 11.1 Å². The monoisotopic (exact) mass is 241 g/mol. The summed E-state index contributed by atoms with van der Waals surface area (Å²) in [6.45, 7) is 2.71. The second kappa shape index (κ2) is 5.31. The number of nitrogens with two attached hydrogens (primary N) is 1. The lowest BCUT2D eigenvalue weighted by atomic mass is 10.2. The molecule has 3 N–H and O–H groups in total. The van der Waals surface area contributed by atoms with Gasteiger partial charge >= 0.3 is 0 Å². The fourth-order valence-corrected chi connectivity index (χ4v) is 1.67. The van der Waals surface area contributed by atoms with Crippen LogP contribution in [0.5, 0.6) is 0 Å². The molecule has 0 aliphatic carbocycles. The van der Waals surface area contributed by atoms with Crippen LogP contribution in [0.3, 0.4) is 0 Å². The molecule has 0 bridgehead atoms. The van der Waals surface area contributed by atoms with Crippen molar-refractivity contribution in [3.8, 4) is 0 Å². The number of anilines is 1. The molecular formula is C14H15N3O. The van der Waals surface area contributed by atoms with Crippen LogP contribution in [0.2, 0.25) is 0 Å². The maximum absolute atomic E-state index is 10.9. The van der Waals surface area contributed by atoms with Crippen LogP contribution < -0.4 is 11.1 Å². The number of amides is 1. The SMILES string of the molecule is Cc1cncc(CNc2ccc(C(N)=O)cc2)c1. The summed E-state index contributed by atoms with van der Waals surface area (Å²) in [5.41, 5.74) is 8.89. The second-order valence-corrected chi connectivity index (χ2v) is 4.17. The fraction of sp³-hybridized carbons (Fsp3) is 0.143. The highest BCUT2D eigenvalue weighted by Crippen LogP contribution is 2.11. The summed E-state index contributed by atoms with van der Waals surface area (Å²) >= 11 is 0. The lowest BCUT2D eigenvalue weighted by Gasteiger charge is -2.07. The van der Waals surface area contributed by atoms with Crippen LogP contribution in [-0.2, 0) is 6.54 Å². The summed E-state index contributed by atoms with van der Waals surface area (Å²) in [5, 5.41) is 3.26. The molecule has 1 amide bonds. The molecule has 0 fully saturated rings. The first-order valence-corrected chi connectivity index (χ1v) is 5.69. The van der Waals surface area contributed by atoms with Crippen molar-refractivity contribution in [1.29, 1.82) is 0 Å². The van der Waals surface area contributed by atoms with Crippen molar-refractivity contribution in [2.24, 2.45) is 5.73 Å². The summed E-state index contributed by atoms with van der Waals surface area (Å²) in [6, 6.07) is 9.17. The molecule has 1 aromatic carbocycles. The molecular weight excluding hydrogens is 226 g/mol. The summed E-state index contributed by atoms with van der Waals surface area (Å²) < 4.78 is 0. The Morgan fingerprint density at radius 1 is 1.28 bits per heavy atom. The van der Waals surface area contributed by atoms with Gasteiger partial charge in [-0.2, -0.15) is 0 Å². The molecule has 0 aliphatic rings. The van der Waals surface area contributed by atoms with E-state index in [-0.39, 0.29) is 0 Å². The molecule has 4 nitrogen and oxygen atoms in total. The minimum Gasteiger partial charge on any atom is -0.381 e. The number of pyridine rings is 1. The maximum Gasteiger partial charge on any atom is 0.248 e. The van der Waals surface area contributed by atoms with E-state index >= 15 is 0 Å². The zero-order valence-corrected chi connectivity index (χ0v) is 10.2. The van der Waals surface area contributed by atoms with Crippen LogP contribution in [0.25, 0.3) is 0 Å². The van der Waals surface area contributed by atoms with Crippen molar-refractivity contribution in [3.05, 3.63) is 59.4 Å². The van der Waals surface area contributed by atoms with Gasteiger partial charge in [0.1, 0.15) is 0 Å². The quantitative estimate of drug-likeness (QED) is 0.861. The Morgan fingerprint density at radius 3 is 2.61 bits per heavy atom. The minimum atomic E-state index is -0.413. The van der Waals surface area contributed by atoms with Crippen LogP contribution in [0.4, 0.5) is 5.69 Å². The van der Waals surface area contributed by atoms with Gasteiger partial charge in [0.05, 0.1) is 0 Å². The molecule has 2 aromatic rings. The van der Waals surface area contributed by atoms with Crippen molar-refractivity contribution < 1.29 is 4.79 Å². The highest BCUT2D eigenvalue weighted by molar-refractivity contribution is 5.93. The van der Waals surface area contributed by atoms with E-state index in [2.05, 4.69) is 16.4 Å². The molecule has 0 atom stereocenters. The molecule has 0 aliphatic heterocycles. The number of aromatic nitrogens is 1. The zero-order valence-electron chi connectivity index (χ0n) is 10.2. The first kappa shape index (κ1) is 12.1. The maximum atomic E-state index is 10.9. The van der Waals surface area contributed by atoms with Gasteiger partial charge in [0.2, 0.25) is 5.91 Å². The van der Waals surface area contributed by atoms with Gasteiger partial charge in [-0.05, 0) is 42.3 Å². The molecule has 0 saturated heterocycles. The van der Waals surface area contributed by atoms with Gasteiger partial charge in [-0.3, -0.25) is 9.78 Å². The van der Waals surface area contributed by atoms with Gasteiger partial charge in [0.15, 0.2) is 0 Å². The number of rotatable bonds is 4. The molecule has 92 valence electrons. The van der Waals surface area contributed by atoms with Crippen LogP contribution in [0.15, 0.2) is 42.7 Å². The third-order valence-corrected chi connectivity index (χ3v) is 2.60.